The molecule has 2 aromatic heterocycles. The second kappa shape index (κ2) is 6.68. The predicted molar refractivity (Wildman–Crippen MR) is 83.7 cm³/mol. The summed E-state index contributed by atoms with van der Waals surface area (Å²) >= 11 is 0. The fourth-order valence-corrected chi connectivity index (χ4v) is 2.66. The summed E-state index contributed by atoms with van der Waals surface area (Å²) in [5, 5.41) is 0. The van der Waals surface area contributed by atoms with Gasteiger partial charge in [-0.15, -0.1) is 0 Å². The van der Waals surface area contributed by atoms with E-state index >= 15 is 0 Å². The Kier molecular flexibility index (Phi) is 4.45. The molecule has 0 unspecified atom stereocenters. The largest absolute Gasteiger partial charge is 0.351 e. The smallest absolute Gasteiger partial charge is 0.254 e. The maximum Gasteiger partial charge on any atom is 0.254 e. The molecule has 3 rings (SSSR count). The van der Waals surface area contributed by atoms with Crippen LogP contribution in [0, 0.1) is 5.82 Å². The molecule has 0 N–H and O–H groups in total. The molecule has 1 amide bonds. The fourth-order valence-electron chi connectivity index (χ4n) is 2.66. The lowest BCUT2D eigenvalue weighted by Crippen LogP contribution is -2.49. The number of halogens is 1. The van der Waals surface area contributed by atoms with Gasteiger partial charge in [0.15, 0.2) is 11.6 Å². The normalized spacial score (nSPS) is 14.9. The van der Waals surface area contributed by atoms with E-state index in [2.05, 4.69) is 15.0 Å². The Bertz CT molecular complexity index is 686. The number of carbonyl (C=O) groups excluding carboxylic acids is 1. The van der Waals surface area contributed by atoms with Crippen LogP contribution in [0.2, 0.25) is 0 Å². The highest BCUT2D eigenvalue weighted by atomic mass is 19.1. The van der Waals surface area contributed by atoms with Crippen molar-refractivity contribution in [3.05, 3.63) is 47.9 Å². The zero-order valence-corrected chi connectivity index (χ0v) is 12.9. The molecule has 1 aliphatic rings. The first-order valence-electron chi connectivity index (χ1n) is 7.64. The highest BCUT2D eigenvalue weighted by Gasteiger charge is 2.25. The summed E-state index contributed by atoms with van der Waals surface area (Å²) in [7, 11) is 0. The van der Waals surface area contributed by atoms with E-state index < -0.39 is 0 Å². The summed E-state index contributed by atoms with van der Waals surface area (Å²) in [6.07, 6.45) is 5.13. The van der Waals surface area contributed by atoms with Crippen LogP contribution in [0.3, 0.4) is 0 Å². The first-order chi connectivity index (χ1) is 11.2. The molecule has 0 aliphatic carbocycles. The van der Waals surface area contributed by atoms with E-state index in [9.17, 15) is 9.18 Å². The molecule has 0 bridgehead atoms. The molecule has 0 radical (unpaired) electrons. The molecular weight excluding hydrogens is 297 g/mol. The topological polar surface area (TPSA) is 62.2 Å². The van der Waals surface area contributed by atoms with E-state index in [4.69, 9.17) is 0 Å². The summed E-state index contributed by atoms with van der Waals surface area (Å²) in [5.74, 6) is -0.0544. The van der Waals surface area contributed by atoms with E-state index in [1.165, 1.54) is 6.33 Å². The summed E-state index contributed by atoms with van der Waals surface area (Å²) in [4.78, 5) is 28.0. The molecule has 120 valence electrons. The minimum Gasteiger partial charge on any atom is -0.351 e. The molecular formula is C16H18FN5O. The lowest BCUT2D eigenvalue weighted by molar-refractivity contribution is 0.0746. The number of carbonyl (C=O) groups is 1. The quantitative estimate of drug-likeness (QED) is 0.860. The Morgan fingerprint density at radius 1 is 1.17 bits per heavy atom. The third-order valence-corrected chi connectivity index (χ3v) is 3.97. The maximum absolute atomic E-state index is 14.3. The number of hydrogen-bond acceptors (Lipinski definition) is 5. The van der Waals surface area contributed by atoms with Crippen LogP contribution in [0.4, 0.5) is 10.2 Å². The van der Waals surface area contributed by atoms with Gasteiger partial charge in [-0.05, 0) is 18.6 Å². The van der Waals surface area contributed by atoms with Gasteiger partial charge in [0, 0.05) is 44.1 Å². The molecule has 3 heterocycles. The number of rotatable bonds is 3. The van der Waals surface area contributed by atoms with E-state index in [0.717, 1.165) is 0 Å². The number of pyridine rings is 1. The molecule has 6 nitrogen and oxygen atoms in total. The second-order valence-corrected chi connectivity index (χ2v) is 5.33. The van der Waals surface area contributed by atoms with Crippen LogP contribution >= 0.6 is 0 Å². The van der Waals surface area contributed by atoms with E-state index in [1.54, 1.807) is 29.4 Å². The number of nitrogens with zero attached hydrogens (tertiary/aromatic N) is 5. The van der Waals surface area contributed by atoms with Gasteiger partial charge in [-0.2, -0.15) is 0 Å². The van der Waals surface area contributed by atoms with Gasteiger partial charge >= 0.3 is 0 Å². The Morgan fingerprint density at radius 2 is 1.87 bits per heavy atom. The van der Waals surface area contributed by atoms with E-state index in [1.807, 2.05) is 11.8 Å². The standard InChI is InChI=1S/C16H18FN5O/c1-2-13-14(17)15(20-11-19-13)21-7-9-22(10-8-21)16(23)12-3-5-18-6-4-12/h3-6,11H,2,7-10H2,1H3. The van der Waals surface area contributed by atoms with Gasteiger partial charge in [0.05, 0.1) is 5.69 Å². The molecule has 7 heteroatoms. The van der Waals surface area contributed by atoms with Gasteiger partial charge in [0.2, 0.25) is 0 Å². The van der Waals surface area contributed by atoms with Crippen molar-refractivity contribution in [2.24, 2.45) is 0 Å². The number of hydrogen-bond donors (Lipinski definition) is 0. The number of aromatic nitrogens is 3. The van der Waals surface area contributed by atoms with Crippen molar-refractivity contribution >= 4 is 11.7 Å². The van der Waals surface area contributed by atoms with Crippen molar-refractivity contribution in [3.63, 3.8) is 0 Å². The Hall–Kier alpha value is -2.57. The SMILES string of the molecule is CCc1ncnc(N2CCN(C(=O)c3ccncc3)CC2)c1F. The molecule has 0 aromatic carbocycles. The molecule has 1 aliphatic heterocycles. The minimum absolute atomic E-state index is 0.0237. The second-order valence-electron chi connectivity index (χ2n) is 5.33. The number of piperazine rings is 1. The van der Waals surface area contributed by atoms with Crippen LogP contribution in [0.25, 0.3) is 0 Å². The minimum atomic E-state index is -0.357. The van der Waals surface area contributed by atoms with Gasteiger partial charge < -0.3 is 9.80 Å². The molecule has 1 saturated heterocycles. The summed E-state index contributed by atoms with van der Waals surface area (Å²) in [6.45, 7) is 4.03. The Balaban J connectivity index is 1.68. The van der Waals surface area contributed by atoms with Crippen molar-refractivity contribution < 1.29 is 9.18 Å². The van der Waals surface area contributed by atoms with E-state index in [0.29, 0.717) is 49.7 Å². The van der Waals surface area contributed by atoms with Crippen LogP contribution in [0.1, 0.15) is 23.0 Å². The van der Waals surface area contributed by atoms with Crippen LogP contribution in [0.5, 0.6) is 0 Å². The zero-order chi connectivity index (χ0) is 16.2. The van der Waals surface area contributed by atoms with Crippen molar-refractivity contribution in [1.29, 1.82) is 0 Å². The summed E-state index contributed by atoms with van der Waals surface area (Å²) in [5.41, 5.74) is 1.04. The molecule has 1 fully saturated rings. The van der Waals surface area contributed by atoms with Gasteiger partial charge in [-0.3, -0.25) is 9.78 Å². The van der Waals surface area contributed by atoms with Crippen LogP contribution in [-0.4, -0.2) is 51.9 Å². The number of amides is 1. The van der Waals surface area contributed by atoms with Gasteiger partial charge in [0.25, 0.3) is 5.91 Å². The third kappa shape index (κ3) is 3.13. The highest BCUT2D eigenvalue weighted by Crippen LogP contribution is 2.20. The summed E-state index contributed by atoms with van der Waals surface area (Å²) in [6, 6.07) is 3.40. The molecule has 0 atom stereocenters. The summed E-state index contributed by atoms with van der Waals surface area (Å²) < 4.78 is 14.3. The first kappa shape index (κ1) is 15.3. The van der Waals surface area contributed by atoms with Crippen LogP contribution in [0.15, 0.2) is 30.9 Å². The van der Waals surface area contributed by atoms with Gasteiger partial charge in [-0.25, -0.2) is 14.4 Å². The lowest BCUT2D eigenvalue weighted by atomic mass is 10.2. The van der Waals surface area contributed by atoms with Gasteiger partial charge in [0.1, 0.15) is 6.33 Å². The monoisotopic (exact) mass is 315 g/mol. The van der Waals surface area contributed by atoms with Crippen molar-refractivity contribution in [1.82, 2.24) is 19.9 Å². The number of aryl methyl sites for hydroxylation is 1. The van der Waals surface area contributed by atoms with Crippen molar-refractivity contribution in [3.8, 4) is 0 Å². The molecule has 0 spiro atoms. The lowest BCUT2D eigenvalue weighted by Gasteiger charge is -2.35. The first-order valence-corrected chi connectivity index (χ1v) is 7.64. The van der Waals surface area contributed by atoms with Gasteiger partial charge in [-0.1, -0.05) is 6.92 Å². The number of anilines is 1. The van der Waals surface area contributed by atoms with Crippen LogP contribution < -0.4 is 4.90 Å². The molecule has 23 heavy (non-hydrogen) atoms. The van der Waals surface area contributed by atoms with Crippen molar-refractivity contribution in [2.75, 3.05) is 31.1 Å². The molecule has 0 saturated carbocycles. The average molecular weight is 315 g/mol. The maximum atomic E-state index is 14.3. The predicted octanol–water partition coefficient (Wildman–Crippen LogP) is 1.54. The van der Waals surface area contributed by atoms with Crippen LogP contribution in [-0.2, 0) is 6.42 Å². The van der Waals surface area contributed by atoms with E-state index in [-0.39, 0.29) is 11.7 Å². The average Bonchev–Trinajstić information content (AvgIpc) is 2.62. The fraction of sp³-hybridized carbons (Fsp3) is 0.375. The Labute approximate surface area is 134 Å². The third-order valence-electron chi connectivity index (χ3n) is 3.97. The zero-order valence-electron chi connectivity index (χ0n) is 12.9. The molecule has 2 aromatic rings. The Morgan fingerprint density at radius 3 is 2.52 bits per heavy atom. The van der Waals surface area contributed by atoms with Crippen molar-refractivity contribution in [2.45, 2.75) is 13.3 Å². The highest BCUT2D eigenvalue weighted by molar-refractivity contribution is 5.94.